The maximum atomic E-state index is 12.9. The van der Waals surface area contributed by atoms with Crippen molar-refractivity contribution < 1.29 is 14.3 Å². The zero-order valence-electron chi connectivity index (χ0n) is 16.5. The van der Waals surface area contributed by atoms with Gasteiger partial charge in [-0.2, -0.15) is 0 Å². The standard InChI is InChI=1S/C22H24N4O3/c1-17(27)24-10-5-11-25(13-12-24)22(28)18-6-4-7-20(14-18)29-16-19-15-26-9-3-2-8-21(26)23-19/h2-4,6-9,14-15H,5,10-13,16H2,1H3. The minimum Gasteiger partial charge on any atom is -0.487 e. The van der Waals surface area contributed by atoms with Gasteiger partial charge in [-0.25, -0.2) is 4.98 Å². The van der Waals surface area contributed by atoms with E-state index >= 15 is 0 Å². The minimum absolute atomic E-state index is 0.0337. The van der Waals surface area contributed by atoms with Crippen LogP contribution < -0.4 is 4.74 Å². The van der Waals surface area contributed by atoms with Crippen LogP contribution in [0.25, 0.3) is 5.65 Å². The lowest BCUT2D eigenvalue weighted by Crippen LogP contribution is -2.36. The largest absolute Gasteiger partial charge is 0.487 e. The third kappa shape index (κ3) is 4.39. The Hall–Kier alpha value is -3.35. The molecule has 1 aliphatic heterocycles. The summed E-state index contributed by atoms with van der Waals surface area (Å²) in [6.07, 6.45) is 4.66. The van der Waals surface area contributed by atoms with Crippen molar-refractivity contribution in [1.82, 2.24) is 19.2 Å². The Kier molecular flexibility index (Phi) is 5.46. The first kappa shape index (κ1) is 19.0. The van der Waals surface area contributed by atoms with Crippen LogP contribution in [0, 0.1) is 0 Å². The fourth-order valence-corrected chi connectivity index (χ4v) is 3.55. The number of hydrogen-bond acceptors (Lipinski definition) is 4. The lowest BCUT2D eigenvalue weighted by molar-refractivity contribution is -0.128. The highest BCUT2D eigenvalue weighted by molar-refractivity contribution is 5.94. The Morgan fingerprint density at radius 2 is 1.86 bits per heavy atom. The molecule has 1 saturated heterocycles. The van der Waals surface area contributed by atoms with Crippen LogP contribution in [0.4, 0.5) is 0 Å². The van der Waals surface area contributed by atoms with Crippen LogP contribution in [-0.4, -0.2) is 57.2 Å². The number of carbonyl (C=O) groups is 2. The molecule has 0 aliphatic carbocycles. The fraction of sp³-hybridized carbons (Fsp3) is 0.318. The highest BCUT2D eigenvalue weighted by Gasteiger charge is 2.21. The van der Waals surface area contributed by atoms with Gasteiger partial charge >= 0.3 is 0 Å². The summed E-state index contributed by atoms with van der Waals surface area (Å²) in [5, 5.41) is 0. The summed E-state index contributed by atoms with van der Waals surface area (Å²) in [5.41, 5.74) is 2.29. The Labute approximate surface area is 169 Å². The molecule has 7 nitrogen and oxygen atoms in total. The van der Waals surface area contributed by atoms with Gasteiger partial charge < -0.3 is 18.9 Å². The second-order valence-electron chi connectivity index (χ2n) is 7.17. The molecule has 150 valence electrons. The van der Waals surface area contributed by atoms with E-state index < -0.39 is 0 Å². The normalized spacial score (nSPS) is 14.7. The number of carbonyl (C=O) groups excluding carboxylic acids is 2. The summed E-state index contributed by atoms with van der Waals surface area (Å²) >= 11 is 0. The second-order valence-corrected chi connectivity index (χ2v) is 7.17. The number of benzene rings is 1. The van der Waals surface area contributed by atoms with Crippen molar-refractivity contribution in [2.24, 2.45) is 0 Å². The van der Waals surface area contributed by atoms with Crippen molar-refractivity contribution in [2.45, 2.75) is 20.0 Å². The quantitative estimate of drug-likeness (QED) is 0.685. The molecule has 0 N–H and O–H groups in total. The Bertz CT molecular complexity index is 997. The first-order valence-corrected chi connectivity index (χ1v) is 9.80. The molecule has 0 saturated carbocycles. The molecule has 0 atom stereocenters. The molecular weight excluding hydrogens is 368 g/mol. The third-order valence-electron chi connectivity index (χ3n) is 5.11. The summed E-state index contributed by atoms with van der Waals surface area (Å²) in [4.78, 5) is 32.6. The molecule has 0 spiro atoms. The summed E-state index contributed by atoms with van der Waals surface area (Å²) in [6, 6.07) is 13.1. The molecule has 2 aromatic heterocycles. The van der Waals surface area contributed by atoms with E-state index in [-0.39, 0.29) is 11.8 Å². The Morgan fingerprint density at radius 3 is 2.69 bits per heavy atom. The summed E-state index contributed by atoms with van der Waals surface area (Å²) < 4.78 is 7.82. The van der Waals surface area contributed by atoms with E-state index in [1.165, 1.54) is 0 Å². The molecule has 3 aromatic rings. The number of hydrogen-bond donors (Lipinski definition) is 0. The number of ether oxygens (including phenoxy) is 1. The molecule has 4 rings (SSSR count). The van der Waals surface area contributed by atoms with Gasteiger partial charge in [0, 0.05) is 51.1 Å². The molecule has 2 amide bonds. The molecule has 0 bridgehead atoms. The van der Waals surface area contributed by atoms with Gasteiger partial charge in [0.15, 0.2) is 0 Å². The van der Waals surface area contributed by atoms with Crippen molar-refractivity contribution in [3.63, 3.8) is 0 Å². The SMILES string of the molecule is CC(=O)N1CCCN(C(=O)c2cccc(OCc3cn4ccccc4n3)c2)CC1. The number of rotatable bonds is 4. The van der Waals surface area contributed by atoms with Crippen LogP contribution in [-0.2, 0) is 11.4 Å². The molecule has 1 aromatic carbocycles. The molecule has 1 fully saturated rings. The number of fused-ring (bicyclic) bond motifs is 1. The van der Waals surface area contributed by atoms with Crippen molar-refractivity contribution in [2.75, 3.05) is 26.2 Å². The van der Waals surface area contributed by atoms with Crippen LogP contribution in [0.1, 0.15) is 29.4 Å². The monoisotopic (exact) mass is 392 g/mol. The van der Waals surface area contributed by atoms with E-state index in [0.717, 1.165) is 17.8 Å². The smallest absolute Gasteiger partial charge is 0.254 e. The third-order valence-corrected chi connectivity index (χ3v) is 5.11. The van der Waals surface area contributed by atoms with Crippen molar-refractivity contribution in [1.29, 1.82) is 0 Å². The number of aromatic nitrogens is 2. The predicted molar refractivity (Wildman–Crippen MR) is 109 cm³/mol. The highest BCUT2D eigenvalue weighted by atomic mass is 16.5. The number of pyridine rings is 1. The maximum Gasteiger partial charge on any atom is 0.254 e. The summed E-state index contributed by atoms with van der Waals surface area (Å²) in [7, 11) is 0. The van der Waals surface area contributed by atoms with Crippen LogP contribution in [0.2, 0.25) is 0 Å². The maximum absolute atomic E-state index is 12.9. The average Bonchev–Trinajstić information content (AvgIpc) is 2.99. The zero-order chi connectivity index (χ0) is 20.2. The van der Waals surface area contributed by atoms with Gasteiger partial charge in [-0.3, -0.25) is 9.59 Å². The van der Waals surface area contributed by atoms with Crippen LogP contribution in [0.5, 0.6) is 5.75 Å². The zero-order valence-corrected chi connectivity index (χ0v) is 16.5. The number of amides is 2. The summed E-state index contributed by atoms with van der Waals surface area (Å²) in [6.45, 7) is 4.37. The van der Waals surface area contributed by atoms with Gasteiger partial charge in [-0.1, -0.05) is 12.1 Å². The van der Waals surface area contributed by atoms with Crippen molar-refractivity contribution >= 4 is 17.5 Å². The van der Waals surface area contributed by atoms with E-state index in [2.05, 4.69) is 4.98 Å². The van der Waals surface area contributed by atoms with Crippen LogP contribution in [0.3, 0.4) is 0 Å². The lowest BCUT2D eigenvalue weighted by Gasteiger charge is -2.21. The second kappa shape index (κ2) is 8.34. The average molecular weight is 392 g/mol. The molecular formula is C22H24N4O3. The highest BCUT2D eigenvalue weighted by Crippen LogP contribution is 2.18. The van der Waals surface area contributed by atoms with Gasteiger partial charge in [-0.15, -0.1) is 0 Å². The van der Waals surface area contributed by atoms with E-state index in [9.17, 15) is 9.59 Å². The first-order valence-electron chi connectivity index (χ1n) is 9.80. The summed E-state index contributed by atoms with van der Waals surface area (Å²) in [5.74, 6) is 0.656. The molecule has 0 radical (unpaired) electrons. The molecule has 29 heavy (non-hydrogen) atoms. The van der Waals surface area contributed by atoms with Gasteiger partial charge in [0.25, 0.3) is 5.91 Å². The van der Waals surface area contributed by atoms with E-state index in [1.807, 2.05) is 52.0 Å². The van der Waals surface area contributed by atoms with Gasteiger partial charge in [0.2, 0.25) is 5.91 Å². The molecule has 0 unspecified atom stereocenters. The predicted octanol–water partition coefficient (Wildman–Crippen LogP) is 2.61. The van der Waals surface area contributed by atoms with Crippen LogP contribution >= 0.6 is 0 Å². The van der Waals surface area contributed by atoms with Gasteiger partial charge in [0.05, 0.1) is 5.69 Å². The Morgan fingerprint density at radius 1 is 1.03 bits per heavy atom. The van der Waals surface area contributed by atoms with E-state index in [4.69, 9.17) is 4.74 Å². The minimum atomic E-state index is -0.0337. The molecule has 3 heterocycles. The number of nitrogens with zero attached hydrogens (tertiary/aromatic N) is 4. The Balaban J connectivity index is 1.41. The van der Waals surface area contributed by atoms with E-state index in [1.54, 1.807) is 24.0 Å². The van der Waals surface area contributed by atoms with Crippen molar-refractivity contribution in [3.05, 3.63) is 66.1 Å². The van der Waals surface area contributed by atoms with Crippen LogP contribution in [0.15, 0.2) is 54.9 Å². The fourth-order valence-electron chi connectivity index (χ4n) is 3.55. The first-order chi connectivity index (χ1) is 14.1. The van der Waals surface area contributed by atoms with Gasteiger partial charge in [0.1, 0.15) is 18.0 Å². The number of imidazole rings is 1. The molecule has 1 aliphatic rings. The van der Waals surface area contributed by atoms with Gasteiger partial charge in [-0.05, 0) is 36.8 Å². The molecule has 7 heteroatoms. The van der Waals surface area contributed by atoms with Crippen molar-refractivity contribution in [3.8, 4) is 5.75 Å². The van der Waals surface area contributed by atoms with E-state index in [0.29, 0.717) is 44.1 Å². The topological polar surface area (TPSA) is 67.2 Å². The lowest BCUT2D eigenvalue weighted by atomic mass is 10.2.